The molecule has 0 spiro atoms. The van der Waals surface area contributed by atoms with Gasteiger partial charge in [-0.3, -0.25) is 4.79 Å². The Morgan fingerprint density at radius 3 is 2.76 bits per heavy atom. The first-order valence-corrected chi connectivity index (χ1v) is 8.90. The minimum atomic E-state index is -0.450. The number of hydrogen-bond acceptors (Lipinski definition) is 3. The van der Waals surface area contributed by atoms with Crippen LogP contribution in [-0.4, -0.2) is 42.0 Å². The molecular formula is C17H33N3O. The van der Waals surface area contributed by atoms with E-state index in [1.807, 2.05) is 0 Å². The number of primary amides is 1. The summed E-state index contributed by atoms with van der Waals surface area (Å²) in [6.45, 7) is 7.56. The fraction of sp³-hybridized carbons (Fsp3) is 0.941. The maximum atomic E-state index is 11.9. The largest absolute Gasteiger partial charge is 0.368 e. The van der Waals surface area contributed by atoms with Gasteiger partial charge in [-0.25, -0.2) is 0 Å². The van der Waals surface area contributed by atoms with E-state index in [1.54, 1.807) is 0 Å². The molecule has 0 bridgehead atoms. The highest BCUT2D eigenvalue weighted by molar-refractivity contribution is 5.85. The third-order valence-corrected chi connectivity index (χ3v) is 5.57. The maximum absolute atomic E-state index is 11.9. The molecule has 0 aromatic carbocycles. The Hall–Kier alpha value is -0.610. The van der Waals surface area contributed by atoms with Crippen molar-refractivity contribution in [2.45, 2.75) is 76.8 Å². The van der Waals surface area contributed by atoms with E-state index in [1.165, 1.54) is 45.2 Å². The lowest BCUT2D eigenvalue weighted by atomic mass is 9.95. The monoisotopic (exact) mass is 295 g/mol. The van der Waals surface area contributed by atoms with Crippen LogP contribution < -0.4 is 11.1 Å². The summed E-state index contributed by atoms with van der Waals surface area (Å²) in [5, 5.41) is 3.37. The second kappa shape index (κ2) is 7.59. The topological polar surface area (TPSA) is 58.4 Å². The number of carbonyl (C=O) groups is 1. The molecule has 1 heterocycles. The summed E-state index contributed by atoms with van der Waals surface area (Å²) in [4.78, 5) is 14.5. The Morgan fingerprint density at radius 1 is 1.29 bits per heavy atom. The SMILES string of the molecule is CCCC1CCCN(C2CCC(NCC)(C(N)=O)C2)CC1. The first-order chi connectivity index (χ1) is 10.1. The molecule has 1 saturated carbocycles. The normalized spacial score (nSPS) is 34.8. The molecule has 3 N–H and O–H groups in total. The molecule has 1 saturated heterocycles. The lowest BCUT2D eigenvalue weighted by Crippen LogP contribution is -2.54. The van der Waals surface area contributed by atoms with E-state index in [0.717, 1.165) is 31.7 Å². The van der Waals surface area contributed by atoms with Crippen LogP contribution in [0.2, 0.25) is 0 Å². The third kappa shape index (κ3) is 3.98. The van der Waals surface area contributed by atoms with Gasteiger partial charge < -0.3 is 16.0 Å². The quantitative estimate of drug-likeness (QED) is 0.790. The van der Waals surface area contributed by atoms with Crippen molar-refractivity contribution in [1.82, 2.24) is 10.2 Å². The highest BCUT2D eigenvalue weighted by Crippen LogP contribution is 2.35. The van der Waals surface area contributed by atoms with Crippen LogP contribution in [0.15, 0.2) is 0 Å². The Morgan fingerprint density at radius 2 is 2.10 bits per heavy atom. The number of nitrogens with zero attached hydrogens (tertiary/aromatic N) is 1. The number of nitrogens with one attached hydrogen (secondary N) is 1. The molecule has 3 atom stereocenters. The van der Waals surface area contributed by atoms with Crippen LogP contribution in [0.3, 0.4) is 0 Å². The summed E-state index contributed by atoms with van der Waals surface area (Å²) < 4.78 is 0. The summed E-state index contributed by atoms with van der Waals surface area (Å²) in [6.07, 6.45) is 9.60. The molecule has 4 heteroatoms. The van der Waals surface area contributed by atoms with E-state index >= 15 is 0 Å². The minimum Gasteiger partial charge on any atom is -0.368 e. The van der Waals surface area contributed by atoms with Crippen molar-refractivity contribution in [2.75, 3.05) is 19.6 Å². The highest BCUT2D eigenvalue weighted by Gasteiger charge is 2.45. The van der Waals surface area contributed by atoms with E-state index < -0.39 is 5.54 Å². The molecule has 1 aliphatic carbocycles. The van der Waals surface area contributed by atoms with Gasteiger partial charge in [0.15, 0.2) is 0 Å². The van der Waals surface area contributed by atoms with Crippen molar-refractivity contribution in [2.24, 2.45) is 11.7 Å². The van der Waals surface area contributed by atoms with Crippen molar-refractivity contribution >= 4 is 5.91 Å². The Labute approximate surface area is 129 Å². The average Bonchev–Trinajstić information content (AvgIpc) is 2.75. The lowest BCUT2D eigenvalue weighted by molar-refractivity contribution is -0.124. The Balaban J connectivity index is 1.92. The fourth-order valence-electron chi connectivity index (χ4n) is 4.39. The smallest absolute Gasteiger partial charge is 0.237 e. The van der Waals surface area contributed by atoms with Gasteiger partial charge in [-0.1, -0.05) is 26.7 Å². The van der Waals surface area contributed by atoms with Crippen LogP contribution in [0.5, 0.6) is 0 Å². The molecule has 4 nitrogen and oxygen atoms in total. The first-order valence-electron chi connectivity index (χ1n) is 8.90. The standard InChI is InChI=1S/C17H33N3O/c1-3-6-14-7-5-11-20(12-9-14)15-8-10-17(13-15,16(18)21)19-4-2/h14-15,19H,3-13H2,1-2H3,(H2,18,21). The van der Waals surface area contributed by atoms with Crippen LogP contribution in [0.25, 0.3) is 0 Å². The second-order valence-corrected chi connectivity index (χ2v) is 6.99. The van der Waals surface area contributed by atoms with Crippen LogP contribution in [0.1, 0.15) is 65.2 Å². The van der Waals surface area contributed by atoms with Crippen LogP contribution in [-0.2, 0) is 4.79 Å². The summed E-state index contributed by atoms with van der Waals surface area (Å²) in [5.41, 5.74) is 5.23. The van der Waals surface area contributed by atoms with E-state index in [-0.39, 0.29) is 5.91 Å². The molecule has 0 aromatic rings. The second-order valence-electron chi connectivity index (χ2n) is 6.99. The predicted molar refractivity (Wildman–Crippen MR) is 87.1 cm³/mol. The number of rotatable bonds is 6. The van der Waals surface area contributed by atoms with Crippen LogP contribution >= 0.6 is 0 Å². The summed E-state index contributed by atoms with van der Waals surface area (Å²) in [6, 6.07) is 0.539. The lowest BCUT2D eigenvalue weighted by Gasteiger charge is -2.31. The van der Waals surface area contributed by atoms with Gasteiger partial charge in [-0.2, -0.15) is 0 Å². The number of likely N-dealkylation sites (N-methyl/N-ethyl adjacent to an activating group) is 1. The third-order valence-electron chi connectivity index (χ3n) is 5.57. The highest BCUT2D eigenvalue weighted by atomic mass is 16.1. The Bertz CT molecular complexity index is 347. The predicted octanol–water partition coefficient (Wildman–Crippen LogP) is 2.27. The number of amides is 1. The van der Waals surface area contributed by atoms with Gasteiger partial charge >= 0.3 is 0 Å². The zero-order chi connectivity index (χ0) is 15.3. The molecule has 21 heavy (non-hydrogen) atoms. The van der Waals surface area contributed by atoms with Gasteiger partial charge in [0.1, 0.15) is 0 Å². The zero-order valence-corrected chi connectivity index (χ0v) is 13.9. The van der Waals surface area contributed by atoms with Gasteiger partial charge in [0, 0.05) is 6.04 Å². The van der Waals surface area contributed by atoms with Gasteiger partial charge in [0.2, 0.25) is 5.91 Å². The number of carbonyl (C=O) groups excluding carboxylic acids is 1. The van der Waals surface area contributed by atoms with E-state index in [2.05, 4.69) is 24.1 Å². The zero-order valence-electron chi connectivity index (χ0n) is 13.9. The van der Waals surface area contributed by atoms with Gasteiger partial charge in [-0.05, 0) is 64.1 Å². The summed E-state index contributed by atoms with van der Waals surface area (Å²) in [7, 11) is 0. The average molecular weight is 295 g/mol. The molecule has 1 aliphatic heterocycles. The van der Waals surface area contributed by atoms with Gasteiger partial charge in [0.05, 0.1) is 5.54 Å². The molecule has 1 amide bonds. The van der Waals surface area contributed by atoms with Crippen LogP contribution in [0, 0.1) is 5.92 Å². The molecule has 0 radical (unpaired) electrons. The van der Waals surface area contributed by atoms with Crippen molar-refractivity contribution in [3.63, 3.8) is 0 Å². The van der Waals surface area contributed by atoms with Crippen LogP contribution in [0.4, 0.5) is 0 Å². The van der Waals surface area contributed by atoms with E-state index in [0.29, 0.717) is 6.04 Å². The van der Waals surface area contributed by atoms with Crippen molar-refractivity contribution in [1.29, 1.82) is 0 Å². The number of nitrogens with two attached hydrogens (primary N) is 1. The molecule has 122 valence electrons. The molecule has 2 fully saturated rings. The molecule has 2 aliphatic rings. The molecule has 0 aromatic heterocycles. The summed E-state index contributed by atoms with van der Waals surface area (Å²) in [5.74, 6) is 0.751. The molecule has 3 unspecified atom stereocenters. The van der Waals surface area contributed by atoms with Crippen molar-refractivity contribution in [3.8, 4) is 0 Å². The fourth-order valence-corrected chi connectivity index (χ4v) is 4.39. The summed E-state index contributed by atoms with van der Waals surface area (Å²) >= 11 is 0. The van der Waals surface area contributed by atoms with E-state index in [9.17, 15) is 4.79 Å². The van der Waals surface area contributed by atoms with E-state index in [4.69, 9.17) is 5.73 Å². The Kier molecular flexibility index (Phi) is 6.06. The van der Waals surface area contributed by atoms with Gasteiger partial charge in [0.25, 0.3) is 0 Å². The molecule has 2 rings (SSSR count). The maximum Gasteiger partial charge on any atom is 0.237 e. The minimum absolute atomic E-state index is 0.162. The van der Waals surface area contributed by atoms with Gasteiger partial charge in [-0.15, -0.1) is 0 Å². The van der Waals surface area contributed by atoms with Crippen molar-refractivity contribution in [3.05, 3.63) is 0 Å². The number of hydrogen-bond donors (Lipinski definition) is 2. The molecular weight excluding hydrogens is 262 g/mol. The first kappa shape index (κ1) is 16.8. The number of likely N-dealkylation sites (tertiary alicyclic amines) is 1. The van der Waals surface area contributed by atoms with Crippen molar-refractivity contribution < 1.29 is 4.79 Å².